The summed E-state index contributed by atoms with van der Waals surface area (Å²) in [5.74, 6) is -2.74. The maximum Gasteiger partial charge on any atom is 0.328 e. The van der Waals surface area contributed by atoms with Crippen molar-refractivity contribution in [1.82, 2.24) is 10.6 Å². The summed E-state index contributed by atoms with van der Waals surface area (Å²) in [6, 6.07) is 7.78. The molecule has 176 valence electrons. The number of nitrogens with one attached hydrogen (secondary N) is 2. The molecule has 0 heterocycles. The smallest absolute Gasteiger partial charge is 0.328 e. The van der Waals surface area contributed by atoms with Crippen LogP contribution in [-0.4, -0.2) is 59.7 Å². The largest absolute Gasteiger partial charge is 0.507 e. The van der Waals surface area contributed by atoms with E-state index in [9.17, 15) is 24.6 Å². The molecule has 0 aliphatic carbocycles. The van der Waals surface area contributed by atoms with Crippen LogP contribution in [0.25, 0.3) is 0 Å². The lowest BCUT2D eigenvalue weighted by Gasteiger charge is -2.17. The number of phenolic OH excluding ortho intramolecular Hbond substituents is 1. The number of aliphatic imine (C=N–C) groups is 1. The average Bonchev–Trinajstić information content (AvgIpc) is 2.75. The van der Waals surface area contributed by atoms with Crippen LogP contribution < -0.4 is 26.8 Å². The van der Waals surface area contributed by atoms with Crippen LogP contribution in [0.15, 0.2) is 41.4 Å². The summed E-state index contributed by atoms with van der Waals surface area (Å²) in [6.45, 7) is 3.59. The summed E-state index contributed by atoms with van der Waals surface area (Å²) in [5, 5.41) is 24.4. The first kappa shape index (κ1) is 25.0. The van der Waals surface area contributed by atoms with Gasteiger partial charge in [-0.05, 0) is 43.2 Å². The highest BCUT2D eigenvalue weighted by Crippen LogP contribution is 2.23. The average molecular weight is 457 g/mol. The number of aliphatic carboxylic acids is 1. The van der Waals surface area contributed by atoms with Gasteiger partial charge in [0.25, 0.3) is 11.8 Å². The van der Waals surface area contributed by atoms with E-state index < -0.39 is 23.8 Å². The van der Waals surface area contributed by atoms with Gasteiger partial charge in [-0.25, -0.2) is 4.79 Å². The fourth-order valence-electron chi connectivity index (χ4n) is 2.85. The Morgan fingerprint density at radius 1 is 1.09 bits per heavy atom. The van der Waals surface area contributed by atoms with Crippen LogP contribution in [0.2, 0.25) is 0 Å². The zero-order valence-corrected chi connectivity index (χ0v) is 18.3. The third-order valence-electron chi connectivity index (χ3n) is 4.79. The quantitative estimate of drug-likeness (QED) is 0.166. The van der Waals surface area contributed by atoms with E-state index in [0.717, 1.165) is 11.1 Å². The predicted octanol–water partition coefficient (Wildman–Crippen LogP) is 0.274. The van der Waals surface area contributed by atoms with E-state index in [1.54, 1.807) is 19.1 Å². The van der Waals surface area contributed by atoms with Crippen molar-refractivity contribution >= 4 is 23.7 Å². The maximum absolute atomic E-state index is 12.5. The van der Waals surface area contributed by atoms with Crippen LogP contribution in [0.5, 0.6) is 11.5 Å². The highest BCUT2D eigenvalue weighted by Gasteiger charge is 2.23. The molecule has 0 saturated heterocycles. The SMILES string of the molecule is Cc1cccc(C(=O)N[C@@H](CNC(=O)c2ccc(OCCN=C(N)N)cc2O)C(=O)O)c1C. The number of carboxylic acids is 1. The molecule has 0 radical (unpaired) electrons. The second-order valence-electron chi connectivity index (χ2n) is 7.16. The summed E-state index contributed by atoms with van der Waals surface area (Å²) in [5.41, 5.74) is 12.3. The Morgan fingerprint density at radius 2 is 1.82 bits per heavy atom. The number of aryl methyl sites for hydroxylation is 1. The number of hydrogen-bond donors (Lipinski definition) is 6. The van der Waals surface area contributed by atoms with Gasteiger partial charge in [0.2, 0.25) is 0 Å². The molecule has 2 rings (SSSR count). The summed E-state index contributed by atoms with van der Waals surface area (Å²) in [4.78, 5) is 40.3. The number of nitrogens with two attached hydrogens (primary N) is 2. The van der Waals surface area contributed by atoms with Gasteiger partial charge in [-0.2, -0.15) is 0 Å². The van der Waals surface area contributed by atoms with Crippen LogP contribution in [-0.2, 0) is 4.79 Å². The molecule has 0 aliphatic heterocycles. The second kappa shape index (κ2) is 11.4. The molecule has 2 aromatic carbocycles. The number of ether oxygens (including phenoxy) is 1. The lowest BCUT2D eigenvalue weighted by molar-refractivity contribution is -0.139. The number of carboxylic acid groups (broad SMARTS) is 1. The molecule has 0 aliphatic rings. The fraction of sp³-hybridized carbons (Fsp3) is 0.273. The molecular weight excluding hydrogens is 430 g/mol. The van der Waals surface area contributed by atoms with Crippen molar-refractivity contribution in [3.05, 3.63) is 58.7 Å². The molecule has 33 heavy (non-hydrogen) atoms. The first-order chi connectivity index (χ1) is 15.6. The molecular formula is C22H27N5O6. The van der Waals surface area contributed by atoms with Crippen molar-refractivity contribution in [2.24, 2.45) is 16.5 Å². The first-order valence-corrected chi connectivity index (χ1v) is 9.99. The Kier molecular flexibility index (Phi) is 8.61. The van der Waals surface area contributed by atoms with Crippen LogP contribution in [0.3, 0.4) is 0 Å². The zero-order valence-electron chi connectivity index (χ0n) is 18.3. The van der Waals surface area contributed by atoms with E-state index in [-0.39, 0.29) is 37.0 Å². The Labute approximate surface area is 190 Å². The van der Waals surface area contributed by atoms with E-state index in [1.165, 1.54) is 18.2 Å². The van der Waals surface area contributed by atoms with Gasteiger partial charge in [-0.15, -0.1) is 0 Å². The number of nitrogens with zero attached hydrogens (tertiary/aromatic N) is 1. The van der Waals surface area contributed by atoms with E-state index in [2.05, 4.69) is 15.6 Å². The minimum atomic E-state index is -1.37. The number of guanidine groups is 1. The lowest BCUT2D eigenvalue weighted by atomic mass is 10.0. The molecule has 1 atom stereocenters. The second-order valence-corrected chi connectivity index (χ2v) is 7.16. The van der Waals surface area contributed by atoms with Crippen LogP contribution >= 0.6 is 0 Å². The third-order valence-corrected chi connectivity index (χ3v) is 4.79. The molecule has 11 heteroatoms. The van der Waals surface area contributed by atoms with Gasteiger partial charge in [0.1, 0.15) is 24.1 Å². The summed E-state index contributed by atoms with van der Waals surface area (Å²) in [7, 11) is 0. The molecule has 11 nitrogen and oxygen atoms in total. The highest BCUT2D eigenvalue weighted by atomic mass is 16.5. The Morgan fingerprint density at radius 3 is 2.45 bits per heavy atom. The first-order valence-electron chi connectivity index (χ1n) is 9.99. The van der Waals surface area contributed by atoms with E-state index in [4.69, 9.17) is 16.2 Å². The van der Waals surface area contributed by atoms with Crippen molar-refractivity contribution in [2.75, 3.05) is 19.7 Å². The topological polar surface area (TPSA) is 189 Å². The lowest BCUT2D eigenvalue weighted by Crippen LogP contribution is -2.48. The van der Waals surface area contributed by atoms with E-state index in [0.29, 0.717) is 11.3 Å². The van der Waals surface area contributed by atoms with Gasteiger partial charge in [0.05, 0.1) is 12.1 Å². The summed E-state index contributed by atoms with van der Waals surface area (Å²) in [6.07, 6.45) is 0. The molecule has 2 aromatic rings. The molecule has 0 fully saturated rings. The molecule has 0 unspecified atom stereocenters. The molecule has 0 saturated carbocycles. The number of phenols is 1. The van der Waals surface area contributed by atoms with Crippen molar-refractivity contribution in [3.8, 4) is 11.5 Å². The maximum atomic E-state index is 12.5. The zero-order chi connectivity index (χ0) is 24.5. The summed E-state index contributed by atoms with van der Waals surface area (Å²) >= 11 is 0. The monoisotopic (exact) mass is 457 g/mol. The number of aromatic hydroxyl groups is 1. The Hall–Kier alpha value is -4.28. The minimum Gasteiger partial charge on any atom is -0.507 e. The third kappa shape index (κ3) is 7.13. The highest BCUT2D eigenvalue weighted by molar-refractivity contribution is 5.99. The molecule has 8 N–H and O–H groups in total. The standard InChI is InChI=1S/C22H27N5O6/c1-12-4-3-5-15(13(12)2)20(30)27-17(21(31)32)11-26-19(29)16-7-6-14(10-18(16)28)33-9-8-25-22(23)24/h3-7,10,17,28H,8-9,11H2,1-2H3,(H,26,29)(H,27,30)(H,31,32)(H4,23,24,25)/t17-/m0/s1. The minimum absolute atomic E-state index is 0.0710. The Bertz CT molecular complexity index is 1070. The molecule has 0 spiro atoms. The van der Waals surface area contributed by atoms with Crippen molar-refractivity contribution in [3.63, 3.8) is 0 Å². The van der Waals surface area contributed by atoms with Crippen LogP contribution in [0.1, 0.15) is 31.8 Å². The van der Waals surface area contributed by atoms with Crippen molar-refractivity contribution in [1.29, 1.82) is 0 Å². The van der Waals surface area contributed by atoms with Gasteiger partial charge in [-0.1, -0.05) is 12.1 Å². The predicted molar refractivity (Wildman–Crippen MR) is 121 cm³/mol. The molecule has 0 aromatic heterocycles. The number of rotatable bonds is 10. The van der Waals surface area contributed by atoms with Crippen LogP contribution in [0.4, 0.5) is 0 Å². The van der Waals surface area contributed by atoms with Gasteiger partial charge in [0.15, 0.2) is 5.96 Å². The number of benzene rings is 2. The number of amides is 2. The van der Waals surface area contributed by atoms with E-state index in [1.807, 2.05) is 13.0 Å². The fourth-order valence-corrected chi connectivity index (χ4v) is 2.85. The van der Waals surface area contributed by atoms with Gasteiger partial charge < -0.3 is 37.1 Å². The van der Waals surface area contributed by atoms with Gasteiger partial charge in [0, 0.05) is 18.2 Å². The van der Waals surface area contributed by atoms with Crippen LogP contribution in [0, 0.1) is 13.8 Å². The normalized spacial score (nSPS) is 11.2. The van der Waals surface area contributed by atoms with Crippen molar-refractivity contribution < 1.29 is 29.3 Å². The molecule has 0 bridgehead atoms. The summed E-state index contributed by atoms with van der Waals surface area (Å²) < 4.78 is 5.37. The van der Waals surface area contributed by atoms with Gasteiger partial charge >= 0.3 is 5.97 Å². The Balaban J connectivity index is 1.99. The van der Waals surface area contributed by atoms with E-state index >= 15 is 0 Å². The molecule has 2 amide bonds. The van der Waals surface area contributed by atoms with Crippen molar-refractivity contribution in [2.45, 2.75) is 19.9 Å². The van der Waals surface area contributed by atoms with Gasteiger partial charge in [-0.3, -0.25) is 14.6 Å². The number of carbonyl (C=O) groups is 3. The number of carbonyl (C=O) groups excluding carboxylic acids is 2. The number of hydrogen-bond acceptors (Lipinski definition) is 6.